The molecule has 1 saturated heterocycles. The molecule has 1 aliphatic heterocycles. The number of guanidine groups is 1. The summed E-state index contributed by atoms with van der Waals surface area (Å²) in [4.78, 5) is 8.81. The second kappa shape index (κ2) is 11.0. The van der Waals surface area contributed by atoms with Crippen LogP contribution in [0, 0.1) is 0 Å². The van der Waals surface area contributed by atoms with E-state index in [-0.39, 0.29) is 6.42 Å². The number of alkyl halides is 3. The van der Waals surface area contributed by atoms with Crippen molar-refractivity contribution in [3.05, 3.63) is 42.0 Å². The zero-order valence-electron chi connectivity index (χ0n) is 15.9. The third kappa shape index (κ3) is 8.47. The first-order chi connectivity index (χ1) is 13.0. The Kier molecular flexibility index (Phi) is 8.64. The molecule has 1 heterocycles. The predicted octanol–water partition coefficient (Wildman–Crippen LogP) is 3.63. The highest BCUT2D eigenvalue weighted by Crippen LogP contribution is 2.21. The van der Waals surface area contributed by atoms with Gasteiger partial charge >= 0.3 is 6.18 Å². The molecule has 1 N–H and O–H groups in total. The molecule has 0 amide bonds. The number of aliphatic imine (C=N–C) groups is 1. The Labute approximate surface area is 159 Å². The van der Waals surface area contributed by atoms with Crippen LogP contribution in [0.25, 0.3) is 6.08 Å². The highest BCUT2D eigenvalue weighted by Gasteiger charge is 2.26. The lowest BCUT2D eigenvalue weighted by Gasteiger charge is -2.36. The minimum absolute atomic E-state index is 0.148. The molecule has 0 saturated carbocycles. The summed E-state index contributed by atoms with van der Waals surface area (Å²) in [5.74, 6) is 0.779. The lowest BCUT2D eigenvalue weighted by Crippen LogP contribution is -2.52. The van der Waals surface area contributed by atoms with Crippen molar-refractivity contribution in [1.29, 1.82) is 0 Å². The van der Waals surface area contributed by atoms with Gasteiger partial charge in [0, 0.05) is 52.7 Å². The number of benzene rings is 1. The van der Waals surface area contributed by atoms with Gasteiger partial charge in [0.1, 0.15) is 0 Å². The minimum atomic E-state index is -4.06. The molecular formula is C20H29F3N4. The van der Waals surface area contributed by atoms with Gasteiger partial charge in [-0.25, -0.2) is 0 Å². The van der Waals surface area contributed by atoms with Gasteiger partial charge < -0.3 is 10.2 Å². The van der Waals surface area contributed by atoms with Crippen LogP contribution in [0.4, 0.5) is 13.2 Å². The maximum absolute atomic E-state index is 12.2. The molecular weight excluding hydrogens is 353 g/mol. The van der Waals surface area contributed by atoms with Crippen LogP contribution in [0.15, 0.2) is 41.4 Å². The van der Waals surface area contributed by atoms with Crippen molar-refractivity contribution in [2.75, 3.05) is 46.3 Å². The third-order valence-corrected chi connectivity index (χ3v) is 4.53. The van der Waals surface area contributed by atoms with Crippen molar-refractivity contribution in [3.63, 3.8) is 0 Å². The molecule has 27 heavy (non-hydrogen) atoms. The van der Waals surface area contributed by atoms with Crippen molar-refractivity contribution in [2.24, 2.45) is 4.99 Å². The van der Waals surface area contributed by atoms with Crippen molar-refractivity contribution >= 4 is 12.0 Å². The molecule has 0 aromatic heterocycles. The van der Waals surface area contributed by atoms with E-state index in [1.54, 1.807) is 7.05 Å². The van der Waals surface area contributed by atoms with E-state index in [1.807, 2.05) is 18.2 Å². The van der Waals surface area contributed by atoms with Crippen LogP contribution in [0.3, 0.4) is 0 Å². The zero-order chi connectivity index (χ0) is 19.5. The molecule has 0 bridgehead atoms. The number of hydrogen-bond donors (Lipinski definition) is 1. The van der Waals surface area contributed by atoms with Crippen LogP contribution in [0.5, 0.6) is 0 Å². The molecule has 0 spiro atoms. The smallest absolute Gasteiger partial charge is 0.356 e. The standard InChI is InChI=1S/C20H29F3N4/c1-24-19(25-12-6-5-11-20(21,22)23)27-16-14-26(15-17-27)13-7-10-18-8-3-2-4-9-18/h2-4,7-10H,5-6,11-17H2,1H3,(H,24,25)/b10-7+. The second-order valence-corrected chi connectivity index (χ2v) is 6.65. The fraction of sp³-hybridized carbons (Fsp3) is 0.550. The summed E-state index contributed by atoms with van der Waals surface area (Å²) in [5.41, 5.74) is 1.20. The molecule has 2 rings (SSSR count). The van der Waals surface area contributed by atoms with Crippen molar-refractivity contribution < 1.29 is 13.2 Å². The summed E-state index contributed by atoms with van der Waals surface area (Å²) in [7, 11) is 1.72. The van der Waals surface area contributed by atoms with E-state index >= 15 is 0 Å². The summed E-state index contributed by atoms with van der Waals surface area (Å²) in [6.07, 6.45) is 0.166. The Morgan fingerprint density at radius 1 is 1.11 bits per heavy atom. The van der Waals surface area contributed by atoms with E-state index < -0.39 is 12.6 Å². The number of piperazine rings is 1. The first-order valence-corrected chi connectivity index (χ1v) is 9.44. The van der Waals surface area contributed by atoms with Crippen LogP contribution < -0.4 is 5.32 Å². The second-order valence-electron chi connectivity index (χ2n) is 6.65. The number of rotatable bonds is 7. The Balaban J connectivity index is 1.65. The van der Waals surface area contributed by atoms with Crippen LogP contribution in [0.1, 0.15) is 24.8 Å². The maximum Gasteiger partial charge on any atom is 0.389 e. The first-order valence-electron chi connectivity index (χ1n) is 9.44. The highest BCUT2D eigenvalue weighted by molar-refractivity contribution is 5.79. The van der Waals surface area contributed by atoms with Crippen molar-refractivity contribution in [1.82, 2.24) is 15.1 Å². The normalized spacial score (nSPS) is 16.9. The van der Waals surface area contributed by atoms with E-state index in [2.05, 4.69) is 44.4 Å². The van der Waals surface area contributed by atoms with Gasteiger partial charge in [-0.3, -0.25) is 9.89 Å². The van der Waals surface area contributed by atoms with E-state index in [9.17, 15) is 13.2 Å². The number of nitrogens with zero attached hydrogens (tertiary/aromatic N) is 3. The average molecular weight is 382 g/mol. The van der Waals surface area contributed by atoms with Gasteiger partial charge in [-0.2, -0.15) is 13.2 Å². The fourth-order valence-corrected chi connectivity index (χ4v) is 3.03. The van der Waals surface area contributed by atoms with Gasteiger partial charge in [-0.1, -0.05) is 42.5 Å². The molecule has 1 aromatic rings. The van der Waals surface area contributed by atoms with Gasteiger partial charge in [0.25, 0.3) is 0 Å². The van der Waals surface area contributed by atoms with E-state index in [1.165, 1.54) is 5.56 Å². The summed E-state index contributed by atoms with van der Waals surface area (Å²) >= 11 is 0. The summed E-state index contributed by atoms with van der Waals surface area (Å²) in [6, 6.07) is 10.2. The minimum Gasteiger partial charge on any atom is -0.356 e. The summed E-state index contributed by atoms with van der Waals surface area (Å²) < 4.78 is 36.5. The van der Waals surface area contributed by atoms with Crippen LogP contribution in [0.2, 0.25) is 0 Å². The molecule has 150 valence electrons. The summed E-state index contributed by atoms with van der Waals surface area (Å²) in [6.45, 7) is 5.03. The van der Waals surface area contributed by atoms with Gasteiger partial charge in [-0.05, 0) is 18.4 Å². The lowest BCUT2D eigenvalue weighted by molar-refractivity contribution is -0.135. The van der Waals surface area contributed by atoms with Crippen LogP contribution in [-0.4, -0.2) is 68.3 Å². The number of hydrogen-bond acceptors (Lipinski definition) is 2. The highest BCUT2D eigenvalue weighted by atomic mass is 19.4. The van der Waals surface area contributed by atoms with E-state index in [0.29, 0.717) is 13.0 Å². The SMILES string of the molecule is CN=C(NCCCCC(F)(F)F)N1CCN(C/C=C/c2ccccc2)CC1. The predicted molar refractivity (Wildman–Crippen MR) is 105 cm³/mol. The van der Waals surface area contributed by atoms with Crippen molar-refractivity contribution in [2.45, 2.75) is 25.4 Å². The molecule has 0 unspecified atom stereocenters. The Bertz CT molecular complexity index is 591. The molecule has 1 fully saturated rings. The Morgan fingerprint density at radius 3 is 2.44 bits per heavy atom. The number of unbranched alkanes of at least 4 members (excludes halogenated alkanes) is 1. The molecule has 1 aromatic carbocycles. The lowest BCUT2D eigenvalue weighted by atomic mass is 10.2. The van der Waals surface area contributed by atoms with Gasteiger partial charge in [-0.15, -0.1) is 0 Å². The molecule has 0 aliphatic carbocycles. The average Bonchev–Trinajstić information content (AvgIpc) is 2.65. The fourth-order valence-electron chi connectivity index (χ4n) is 3.03. The quantitative estimate of drug-likeness (QED) is 0.444. The van der Waals surface area contributed by atoms with Crippen LogP contribution in [-0.2, 0) is 0 Å². The van der Waals surface area contributed by atoms with E-state index in [4.69, 9.17) is 0 Å². The topological polar surface area (TPSA) is 30.9 Å². The zero-order valence-corrected chi connectivity index (χ0v) is 15.9. The molecule has 7 heteroatoms. The Hall–Kier alpha value is -2.02. The van der Waals surface area contributed by atoms with Gasteiger partial charge in [0.05, 0.1) is 0 Å². The third-order valence-electron chi connectivity index (χ3n) is 4.53. The van der Waals surface area contributed by atoms with E-state index in [0.717, 1.165) is 38.7 Å². The summed E-state index contributed by atoms with van der Waals surface area (Å²) in [5, 5.41) is 3.18. The molecule has 0 radical (unpaired) electrons. The molecule has 1 aliphatic rings. The van der Waals surface area contributed by atoms with Crippen LogP contribution >= 0.6 is 0 Å². The largest absolute Gasteiger partial charge is 0.389 e. The monoisotopic (exact) mass is 382 g/mol. The molecule has 4 nitrogen and oxygen atoms in total. The van der Waals surface area contributed by atoms with Gasteiger partial charge in [0.15, 0.2) is 5.96 Å². The van der Waals surface area contributed by atoms with Crippen molar-refractivity contribution in [3.8, 4) is 0 Å². The number of halogens is 3. The first kappa shape index (κ1) is 21.3. The van der Waals surface area contributed by atoms with Gasteiger partial charge in [0.2, 0.25) is 0 Å². The molecule has 0 atom stereocenters. The maximum atomic E-state index is 12.2. The number of nitrogens with one attached hydrogen (secondary N) is 1. The Morgan fingerprint density at radius 2 is 1.81 bits per heavy atom.